The standard InChI is InChI=1S/C24H27F3N4S/c1-2-21-28-22(20-10-19(11-24(25,26)27)32-23(20)29-21)31-14-17-8-9-30(13-18(17)15-31)12-16-6-4-3-5-7-16/h3-7,10,17-18H,2,8-9,11-15H2,1H3. The fraction of sp³-hybridized carbons (Fsp3) is 0.500. The lowest BCUT2D eigenvalue weighted by atomic mass is 9.88. The third kappa shape index (κ3) is 4.62. The summed E-state index contributed by atoms with van der Waals surface area (Å²) >= 11 is 1.15. The van der Waals surface area contributed by atoms with Crippen LogP contribution in [-0.4, -0.2) is 47.2 Å². The van der Waals surface area contributed by atoms with Gasteiger partial charge in [0, 0.05) is 37.5 Å². The zero-order valence-electron chi connectivity index (χ0n) is 18.1. The molecule has 0 amide bonds. The molecule has 0 saturated carbocycles. The summed E-state index contributed by atoms with van der Waals surface area (Å²) in [5.74, 6) is 2.68. The van der Waals surface area contributed by atoms with E-state index in [2.05, 4.69) is 39.0 Å². The van der Waals surface area contributed by atoms with Crippen molar-refractivity contribution < 1.29 is 13.2 Å². The Hall–Kier alpha value is -2.19. The number of anilines is 1. The fourth-order valence-corrected chi connectivity index (χ4v) is 6.16. The van der Waals surface area contributed by atoms with E-state index in [0.29, 0.717) is 33.8 Å². The number of nitrogens with zero attached hydrogens (tertiary/aromatic N) is 4. The molecule has 0 aliphatic carbocycles. The number of aromatic nitrogens is 2. The number of rotatable bonds is 5. The van der Waals surface area contributed by atoms with E-state index in [1.165, 1.54) is 5.56 Å². The Morgan fingerprint density at radius 3 is 2.59 bits per heavy atom. The number of thiophene rings is 1. The second-order valence-electron chi connectivity index (χ2n) is 8.98. The highest BCUT2D eigenvalue weighted by molar-refractivity contribution is 7.18. The minimum atomic E-state index is -4.22. The molecule has 2 aliphatic heterocycles. The van der Waals surface area contributed by atoms with Crippen molar-refractivity contribution in [2.45, 2.75) is 38.9 Å². The molecule has 4 nitrogen and oxygen atoms in total. The number of likely N-dealkylation sites (tertiary alicyclic amines) is 1. The van der Waals surface area contributed by atoms with Gasteiger partial charge in [0.2, 0.25) is 0 Å². The van der Waals surface area contributed by atoms with Crippen LogP contribution in [0.1, 0.15) is 29.6 Å². The summed E-state index contributed by atoms with van der Waals surface area (Å²) in [6.45, 7) is 6.90. The van der Waals surface area contributed by atoms with Crippen molar-refractivity contribution in [1.29, 1.82) is 0 Å². The first-order chi connectivity index (χ1) is 15.4. The van der Waals surface area contributed by atoms with Gasteiger partial charge in [0.1, 0.15) is 16.5 Å². The molecule has 0 N–H and O–H groups in total. The van der Waals surface area contributed by atoms with Crippen LogP contribution in [0.15, 0.2) is 36.4 Å². The molecule has 2 atom stereocenters. The van der Waals surface area contributed by atoms with Crippen molar-refractivity contribution in [2.24, 2.45) is 11.8 Å². The number of alkyl halides is 3. The van der Waals surface area contributed by atoms with Gasteiger partial charge >= 0.3 is 6.18 Å². The average molecular weight is 461 g/mol. The smallest absolute Gasteiger partial charge is 0.355 e. The molecule has 2 fully saturated rings. The molecule has 5 rings (SSSR count). The van der Waals surface area contributed by atoms with Crippen molar-refractivity contribution in [1.82, 2.24) is 14.9 Å². The van der Waals surface area contributed by atoms with Crippen LogP contribution in [0.25, 0.3) is 10.2 Å². The average Bonchev–Trinajstić information content (AvgIpc) is 3.35. The maximum absolute atomic E-state index is 13.0. The largest absolute Gasteiger partial charge is 0.393 e. The highest BCUT2D eigenvalue weighted by Crippen LogP contribution is 2.39. The molecule has 170 valence electrons. The zero-order chi connectivity index (χ0) is 22.3. The van der Waals surface area contributed by atoms with Gasteiger partial charge in [-0.05, 0) is 36.4 Å². The van der Waals surface area contributed by atoms with Crippen LogP contribution in [-0.2, 0) is 19.4 Å². The van der Waals surface area contributed by atoms with Crippen molar-refractivity contribution in [3.63, 3.8) is 0 Å². The van der Waals surface area contributed by atoms with E-state index in [-0.39, 0.29) is 0 Å². The van der Waals surface area contributed by atoms with Crippen molar-refractivity contribution in [2.75, 3.05) is 31.1 Å². The minimum Gasteiger partial charge on any atom is -0.355 e. The Morgan fingerprint density at radius 2 is 1.84 bits per heavy atom. The monoisotopic (exact) mass is 460 g/mol. The molecule has 0 radical (unpaired) electrons. The van der Waals surface area contributed by atoms with Crippen LogP contribution < -0.4 is 4.90 Å². The first-order valence-corrected chi connectivity index (χ1v) is 12.1. The van der Waals surface area contributed by atoms with Gasteiger partial charge in [0.15, 0.2) is 0 Å². The second-order valence-corrected chi connectivity index (χ2v) is 10.1. The molecule has 2 aliphatic rings. The topological polar surface area (TPSA) is 32.3 Å². The minimum absolute atomic E-state index is 0.307. The van der Waals surface area contributed by atoms with E-state index < -0.39 is 12.6 Å². The van der Waals surface area contributed by atoms with E-state index in [4.69, 9.17) is 4.98 Å². The first kappa shape index (κ1) is 21.6. The summed E-state index contributed by atoms with van der Waals surface area (Å²) in [4.78, 5) is 15.1. The molecule has 2 saturated heterocycles. The molecular weight excluding hydrogens is 433 g/mol. The molecule has 32 heavy (non-hydrogen) atoms. The number of piperidine rings is 1. The maximum atomic E-state index is 13.0. The van der Waals surface area contributed by atoms with Gasteiger partial charge in [-0.15, -0.1) is 11.3 Å². The number of hydrogen-bond donors (Lipinski definition) is 0. The summed E-state index contributed by atoms with van der Waals surface area (Å²) < 4.78 is 38.9. The number of fused-ring (bicyclic) bond motifs is 2. The van der Waals surface area contributed by atoms with Gasteiger partial charge in [-0.1, -0.05) is 37.3 Å². The van der Waals surface area contributed by atoms with Crippen LogP contribution in [0.2, 0.25) is 0 Å². The van der Waals surface area contributed by atoms with Crippen LogP contribution >= 0.6 is 11.3 Å². The summed E-state index contributed by atoms with van der Waals surface area (Å²) in [7, 11) is 0. The lowest BCUT2D eigenvalue weighted by molar-refractivity contribution is -0.126. The molecule has 2 aromatic heterocycles. The van der Waals surface area contributed by atoms with E-state index in [9.17, 15) is 13.2 Å². The Balaban J connectivity index is 1.36. The molecule has 4 heterocycles. The zero-order valence-corrected chi connectivity index (χ0v) is 18.9. The Labute approximate surface area is 190 Å². The second kappa shape index (κ2) is 8.63. The van der Waals surface area contributed by atoms with Gasteiger partial charge in [-0.25, -0.2) is 9.97 Å². The van der Waals surface area contributed by atoms with Crippen LogP contribution in [0.3, 0.4) is 0 Å². The van der Waals surface area contributed by atoms with Gasteiger partial charge < -0.3 is 4.90 Å². The molecule has 0 bridgehead atoms. The molecule has 8 heteroatoms. The van der Waals surface area contributed by atoms with Crippen molar-refractivity contribution in [3.05, 3.63) is 52.7 Å². The van der Waals surface area contributed by atoms with E-state index >= 15 is 0 Å². The number of aryl methyl sites for hydroxylation is 1. The molecule has 2 unspecified atom stereocenters. The van der Waals surface area contributed by atoms with Crippen LogP contribution in [0.4, 0.5) is 19.0 Å². The third-order valence-corrected chi connectivity index (χ3v) is 7.62. The van der Waals surface area contributed by atoms with E-state index in [1.54, 1.807) is 6.07 Å². The number of halogens is 3. The van der Waals surface area contributed by atoms with Gasteiger partial charge in [0.05, 0.1) is 11.8 Å². The Bertz CT molecular complexity index is 1080. The highest BCUT2D eigenvalue weighted by atomic mass is 32.1. The highest BCUT2D eigenvalue weighted by Gasteiger charge is 2.38. The normalized spacial score (nSPS) is 21.9. The van der Waals surface area contributed by atoms with Crippen molar-refractivity contribution in [3.8, 4) is 0 Å². The first-order valence-electron chi connectivity index (χ1n) is 11.3. The number of benzene rings is 1. The Kier molecular flexibility index (Phi) is 5.84. The summed E-state index contributed by atoms with van der Waals surface area (Å²) in [6, 6.07) is 12.2. The van der Waals surface area contributed by atoms with E-state index in [1.807, 2.05) is 13.0 Å². The Morgan fingerprint density at radius 1 is 1.06 bits per heavy atom. The predicted octanol–water partition coefficient (Wildman–Crippen LogP) is 5.32. The lowest BCUT2D eigenvalue weighted by Crippen LogP contribution is -2.39. The molecule has 0 spiro atoms. The summed E-state index contributed by atoms with van der Waals surface area (Å²) in [5.41, 5.74) is 1.33. The maximum Gasteiger partial charge on any atom is 0.393 e. The van der Waals surface area contributed by atoms with E-state index in [0.717, 1.165) is 61.7 Å². The SMILES string of the molecule is CCc1nc(N2CC3CCN(Cc4ccccc4)CC3C2)c2cc(CC(F)(F)F)sc2n1. The van der Waals surface area contributed by atoms with Gasteiger partial charge in [0.25, 0.3) is 0 Å². The third-order valence-electron chi connectivity index (χ3n) is 6.59. The molecule has 1 aromatic carbocycles. The number of hydrogen-bond acceptors (Lipinski definition) is 5. The quantitative estimate of drug-likeness (QED) is 0.516. The van der Waals surface area contributed by atoms with Gasteiger partial charge in [-0.2, -0.15) is 13.2 Å². The predicted molar refractivity (Wildman–Crippen MR) is 122 cm³/mol. The van der Waals surface area contributed by atoms with Crippen LogP contribution in [0, 0.1) is 11.8 Å². The van der Waals surface area contributed by atoms with Crippen LogP contribution in [0.5, 0.6) is 0 Å². The lowest BCUT2D eigenvalue weighted by Gasteiger charge is -2.34. The molecule has 3 aromatic rings. The summed E-state index contributed by atoms with van der Waals surface area (Å²) in [5, 5.41) is 0.770. The summed E-state index contributed by atoms with van der Waals surface area (Å²) in [6.07, 6.45) is -3.31. The van der Waals surface area contributed by atoms with Crippen molar-refractivity contribution >= 4 is 27.4 Å². The van der Waals surface area contributed by atoms with Gasteiger partial charge in [-0.3, -0.25) is 4.90 Å². The molecular formula is C24H27F3N4S. The fourth-order valence-electron chi connectivity index (χ4n) is 5.09.